The van der Waals surface area contributed by atoms with Crippen molar-refractivity contribution in [1.82, 2.24) is 10.6 Å². The Morgan fingerprint density at radius 3 is 0.704 bits per heavy atom. The summed E-state index contributed by atoms with van der Waals surface area (Å²) in [5, 5.41) is 4.99. The molecule has 4 aliphatic rings. The van der Waals surface area contributed by atoms with Crippen LogP contribution < -0.4 is 10.6 Å². The van der Waals surface area contributed by atoms with Crippen molar-refractivity contribution in [3.05, 3.63) is 35.4 Å². The number of amides is 2. The quantitative estimate of drug-likeness (QED) is 0.0778. The van der Waals surface area contributed by atoms with Gasteiger partial charge in [-0.2, -0.15) is 0 Å². The topological polar surface area (TPSA) is 482 Å². The monoisotopic (exact) mass is 1400 g/mol. The first kappa shape index (κ1) is 79.2. The fourth-order valence-corrected chi connectivity index (χ4v) is 10.5. The lowest BCUT2D eigenvalue weighted by molar-refractivity contribution is -0.345. The van der Waals surface area contributed by atoms with Crippen LogP contribution >= 0.6 is 0 Å². The van der Waals surface area contributed by atoms with Gasteiger partial charge in [-0.3, -0.25) is 76.7 Å². The molecule has 38 nitrogen and oxygen atoms in total. The number of esters is 14. The molecule has 0 bridgehead atoms. The highest BCUT2D eigenvalue weighted by Crippen LogP contribution is 2.38. The second kappa shape index (κ2) is 36.2. The molecular formula is C60H76N2O36. The molecule has 20 atom stereocenters. The SMILES string of the molecule is CC(=O)OC[C@H]1O[C@H](O[C@@H]2[C@@H](OC(C)=O)[C@H](NC(=O)c3ccc(C(=O)N[C@@H]4O[C@H](COC(C)=O)[C@@H](OC(C)=O)[C@H](O[C@H]5O[C@H](COC(C)=O)[C@@H](OC(C)=O)[C@H](OC(C)=O)[C@@H]5OC(C)=O)[C@H]4OC(C)=O)cc3)O[C@H](COC(C)=O)[C@H]2OC(C)=O)[C@@H](OC(C)=O)[C@@H](OC(C)=O)[C@@H]1OC(C)=O. The van der Waals surface area contributed by atoms with Crippen molar-refractivity contribution in [2.45, 2.75) is 220 Å². The lowest BCUT2D eigenvalue weighted by Gasteiger charge is -2.49. The van der Waals surface area contributed by atoms with Crippen LogP contribution in [0.3, 0.4) is 0 Å². The van der Waals surface area contributed by atoms with Gasteiger partial charge in [-0.1, -0.05) is 0 Å². The van der Waals surface area contributed by atoms with Gasteiger partial charge < -0.3 is 105 Å². The molecule has 0 saturated carbocycles. The van der Waals surface area contributed by atoms with Crippen LogP contribution in [0.1, 0.15) is 118 Å². The Bertz CT molecular complexity index is 2930. The zero-order chi connectivity index (χ0) is 73.2. The van der Waals surface area contributed by atoms with Crippen LogP contribution in [0.15, 0.2) is 24.3 Å². The molecule has 0 aromatic heterocycles. The molecule has 1 aromatic carbocycles. The molecule has 0 aliphatic carbocycles. The fraction of sp³-hybridized carbons (Fsp3) is 0.633. The molecule has 98 heavy (non-hydrogen) atoms. The zero-order valence-corrected chi connectivity index (χ0v) is 55.4. The number of carbonyl (C=O) groups excluding carboxylic acids is 16. The third-order valence-corrected chi connectivity index (χ3v) is 13.8. The minimum Gasteiger partial charge on any atom is -0.463 e. The third kappa shape index (κ3) is 23.4. The normalized spacial score (nSPS) is 29.4. The van der Waals surface area contributed by atoms with E-state index in [4.69, 9.17) is 94.7 Å². The third-order valence-electron chi connectivity index (χ3n) is 13.8. The van der Waals surface area contributed by atoms with Crippen molar-refractivity contribution < 1.29 is 171 Å². The van der Waals surface area contributed by atoms with E-state index in [0.717, 1.165) is 121 Å². The summed E-state index contributed by atoms with van der Waals surface area (Å²) in [4.78, 5) is 206. The van der Waals surface area contributed by atoms with E-state index >= 15 is 0 Å². The number of hydrogen-bond donors (Lipinski definition) is 2. The van der Waals surface area contributed by atoms with E-state index in [9.17, 15) is 76.7 Å². The van der Waals surface area contributed by atoms with Crippen molar-refractivity contribution in [3.63, 3.8) is 0 Å². The van der Waals surface area contributed by atoms with Gasteiger partial charge in [0.15, 0.2) is 86.1 Å². The van der Waals surface area contributed by atoms with Crippen LogP contribution in [0.25, 0.3) is 0 Å². The van der Waals surface area contributed by atoms with Gasteiger partial charge >= 0.3 is 83.6 Å². The summed E-state index contributed by atoms with van der Waals surface area (Å²) in [6.07, 6.45) is -37.1. The smallest absolute Gasteiger partial charge is 0.303 e. The van der Waals surface area contributed by atoms with Gasteiger partial charge in [0, 0.05) is 108 Å². The lowest BCUT2D eigenvalue weighted by Crippen LogP contribution is -2.69. The molecule has 38 heteroatoms. The second-order valence-corrected chi connectivity index (χ2v) is 22.0. The predicted molar refractivity (Wildman–Crippen MR) is 308 cm³/mol. The predicted octanol–water partition coefficient (Wildman–Crippen LogP) is -1.61. The minimum absolute atomic E-state index is 0.293. The number of carbonyl (C=O) groups is 16. The Balaban J connectivity index is 1.57. The van der Waals surface area contributed by atoms with Gasteiger partial charge in [-0.15, -0.1) is 0 Å². The summed E-state index contributed by atoms with van der Waals surface area (Å²) in [6, 6.07) is 4.33. The van der Waals surface area contributed by atoms with Crippen LogP contribution in [-0.2, 0) is 162 Å². The zero-order valence-electron chi connectivity index (χ0n) is 55.4. The molecule has 0 unspecified atom stereocenters. The molecule has 2 amide bonds. The number of nitrogens with one attached hydrogen (secondary N) is 2. The number of benzene rings is 1. The van der Waals surface area contributed by atoms with Crippen LogP contribution in [0.2, 0.25) is 0 Å². The van der Waals surface area contributed by atoms with Crippen LogP contribution in [-0.4, -0.2) is 245 Å². The molecular weight excluding hydrogens is 1320 g/mol. The summed E-state index contributed by atoms with van der Waals surface area (Å²) in [5.74, 6) is -16.1. The molecule has 4 fully saturated rings. The maximum absolute atomic E-state index is 14.5. The highest BCUT2D eigenvalue weighted by Gasteiger charge is 2.60. The molecule has 2 N–H and O–H groups in total. The molecule has 4 saturated heterocycles. The van der Waals surface area contributed by atoms with Crippen molar-refractivity contribution in [2.75, 3.05) is 26.4 Å². The second-order valence-electron chi connectivity index (χ2n) is 22.0. The van der Waals surface area contributed by atoms with Gasteiger partial charge in [0.2, 0.25) is 0 Å². The maximum Gasteiger partial charge on any atom is 0.303 e. The highest BCUT2D eigenvalue weighted by molar-refractivity contribution is 5.98. The highest BCUT2D eigenvalue weighted by atomic mass is 16.8. The molecule has 4 aliphatic heterocycles. The number of ether oxygens (including phenoxy) is 20. The molecule has 0 radical (unpaired) electrons. The van der Waals surface area contributed by atoms with Crippen molar-refractivity contribution in [3.8, 4) is 0 Å². The van der Waals surface area contributed by atoms with Gasteiger partial charge in [-0.25, -0.2) is 0 Å². The van der Waals surface area contributed by atoms with Crippen LogP contribution in [0.5, 0.6) is 0 Å². The first-order valence-corrected chi connectivity index (χ1v) is 29.8. The van der Waals surface area contributed by atoms with E-state index in [1.54, 1.807) is 0 Å². The van der Waals surface area contributed by atoms with E-state index in [-0.39, 0.29) is 11.1 Å². The molecule has 4 heterocycles. The van der Waals surface area contributed by atoms with Gasteiger partial charge in [0.25, 0.3) is 11.8 Å². The van der Waals surface area contributed by atoms with E-state index in [2.05, 4.69) is 10.6 Å². The van der Waals surface area contributed by atoms with E-state index in [0.29, 0.717) is 0 Å². The Labute approximate surface area is 557 Å². The Morgan fingerprint density at radius 2 is 0.469 bits per heavy atom. The van der Waals surface area contributed by atoms with Crippen molar-refractivity contribution >= 4 is 95.4 Å². The molecule has 0 spiro atoms. The Hall–Kier alpha value is -9.50. The lowest BCUT2D eigenvalue weighted by atomic mass is 9.95. The molecule has 1 aromatic rings. The number of rotatable bonds is 26. The van der Waals surface area contributed by atoms with Gasteiger partial charge in [0.05, 0.1) is 0 Å². The summed E-state index contributed by atoms with van der Waals surface area (Å²) in [7, 11) is 0. The fourth-order valence-electron chi connectivity index (χ4n) is 10.5. The summed E-state index contributed by atoms with van der Waals surface area (Å²) < 4.78 is 114. The maximum atomic E-state index is 14.5. The van der Waals surface area contributed by atoms with E-state index in [1.807, 2.05) is 0 Å². The van der Waals surface area contributed by atoms with E-state index < -0.39 is 245 Å². The van der Waals surface area contributed by atoms with Crippen LogP contribution in [0.4, 0.5) is 0 Å². The van der Waals surface area contributed by atoms with Crippen molar-refractivity contribution in [2.24, 2.45) is 0 Å². The van der Waals surface area contributed by atoms with Crippen LogP contribution in [0, 0.1) is 0 Å². The van der Waals surface area contributed by atoms with E-state index in [1.165, 1.54) is 0 Å². The standard InChI is InChI=1S/C60H76N2O36/c1-23(63)79-19-39-43(83-27(5)67)47(97-59-53(91-35(13)75)49(87-31(9)71)45(85-29(7)69)41(95-59)21-81-25(3)65)51(89-33(11)73)57(93-39)61-55(77)37-15-17-38(18-16-37)56(78)62-58-52(90-34(12)74)48(44(84-28(6)68)40(94-58)20-80-24(2)64)98-60-54(92-36(14)76)50(88-32(10)72)46(86-30(8)70)42(96-60)22-82-26(4)66/h15-18,39-54,57-60H,19-22H2,1-14H3,(H,61,77)(H,62,78)/t39-,40-,41-,42-,43-,44-,45-,46-,47+,48+,49+,50+,51-,52-,53+,54+,57-,58-,59-,60-/m1/s1. The molecule has 542 valence electrons. The first-order chi connectivity index (χ1) is 45.9. The van der Waals surface area contributed by atoms with Gasteiger partial charge in [-0.05, 0) is 24.3 Å². The number of hydrogen-bond acceptors (Lipinski definition) is 36. The Morgan fingerprint density at radius 1 is 0.265 bits per heavy atom. The average Bonchev–Trinajstić information content (AvgIpc) is 0.771. The Kier molecular flexibility index (Phi) is 29.2. The average molecular weight is 1400 g/mol. The van der Waals surface area contributed by atoms with Crippen molar-refractivity contribution in [1.29, 1.82) is 0 Å². The summed E-state index contributed by atoms with van der Waals surface area (Å²) >= 11 is 0. The molecule has 5 rings (SSSR count). The minimum atomic E-state index is -2.07. The largest absolute Gasteiger partial charge is 0.463 e. The van der Waals surface area contributed by atoms with Gasteiger partial charge in [0.1, 0.15) is 63.1 Å². The first-order valence-electron chi connectivity index (χ1n) is 29.8. The summed E-state index contributed by atoms with van der Waals surface area (Å²) in [6.45, 7) is 10.4. The summed E-state index contributed by atoms with van der Waals surface area (Å²) in [5.41, 5.74) is -0.587.